The minimum absolute atomic E-state index is 0.159. The highest BCUT2D eigenvalue weighted by Crippen LogP contribution is 2.37. The molecular weight excluding hydrogens is 244 g/mol. The van der Waals surface area contributed by atoms with E-state index in [9.17, 15) is 0 Å². The average Bonchev–Trinajstić information content (AvgIpc) is 2.66. The first-order valence-electron chi connectivity index (χ1n) is 4.97. The lowest BCUT2D eigenvalue weighted by molar-refractivity contribution is 0.0508. The van der Waals surface area contributed by atoms with Crippen molar-refractivity contribution in [3.8, 4) is 0 Å². The van der Waals surface area contributed by atoms with Crippen LogP contribution < -0.4 is 0 Å². The van der Waals surface area contributed by atoms with E-state index in [-0.39, 0.29) is 5.41 Å². The molecule has 1 saturated heterocycles. The van der Waals surface area contributed by atoms with Gasteiger partial charge >= 0.3 is 0 Å². The SMILES string of the molecule is Cc1ccc(C2(CBr)CCOCC2)o1. The van der Waals surface area contributed by atoms with Gasteiger partial charge < -0.3 is 9.15 Å². The fourth-order valence-electron chi connectivity index (χ4n) is 1.93. The van der Waals surface area contributed by atoms with E-state index in [1.807, 2.05) is 13.0 Å². The fourth-order valence-corrected chi connectivity index (χ4v) is 2.76. The van der Waals surface area contributed by atoms with Gasteiger partial charge in [-0.2, -0.15) is 0 Å². The van der Waals surface area contributed by atoms with Crippen LogP contribution in [0.25, 0.3) is 0 Å². The number of alkyl halides is 1. The van der Waals surface area contributed by atoms with Gasteiger partial charge in [-0.25, -0.2) is 0 Å². The summed E-state index contributed by atoms with van der Waals surface area (Å²) < 4.78 is 11.1. The minimum atomic E-state index is 0.159. The molecule has 0 amide bonds. The normalized spacial score (nSPS) is 21.0. The second-order valence-corrected chi connectivity index (χ2v) is 4.50. The first-order chi connectivity index (χ1) is 6.77. The first kappa shape index (κ1) is 10.2. The van der Waals surface area contributed by atoms with Crippen molar-refractivity contribution in [2.45, 2.75) is 25.2 Å². The monoisotopic (exact) mass is 258 g/mol. The Balaban J connectivity index is 2.26. The Morgan fingerprint density at radius 3 is 2.57 bits per heavy atom. The Labute approximate surface area is 92.8 Å². The van der Waals surface area contributed by atoms with Crippen molar-refractivity contribution in [2.75, 3.05) is 18.5 Å². The Morgan fingerprint density at radius 2 is 2.07 bits per heavy atom. The predicted octanol–water partition coefficient (Wildman–Crippen LogP) is 3.03. The largest absolute Gasteiger partial charge is 0.466 e. The summed E-state index contributed by atoms with van der Waals surface area (Å²) in [7, 11) is 0. The predicted molar refractivity (Wildman–Crippen MR) is 59.0 cm³/mol. The van der Waals surface area contributed by atoms with Gasteiger partial charge in [-0.3, -0.25) is 0 Å². The van der Waals surface area contributed by atoms with Crippen molar-refractivity contribution in [3.05, 3.63) is 23.7 Å². The molecule has 2 heterocycles. The third-order valence-electron chi connectivity index (χ3n) is 2.97. The number of hydrogen-bond donors (Lipinski definition) is 0. The zero-order chi connectivity index (χ0) is 10.0. The zero-order valence-electron chi connectivity index (χ0n) is 8.38. The highest BCUT2D eigenvalue weighted by molar-refractivity contribution is 9.09. The lowest BCUT2D eigenvalue weighted by Crippen LogP contribution is -2.35. The molecule has 0 aliphatic carbocycles. The van der Waals surface area contributed by atoms with Crippen LogP contribution >= 0.6 is 15.9 Å². The van der Waals surface area contributed by atoms with E-state index in [2.05, 4.69) is 22.0 Å². The maximum Gasteiger partial charge on any atom is 0.111 e. The molecule has 1 aliphatic heterocycles. The van der Waals surface area contributed by atoms with Gasteiger partial charge in [-0.1, -0.05) is 15.9 Å². The molecule has 2 nitrogen and oxygen atoms in total. The molecule has 0 atom stereocenters. The molecule has 0 unspecified atom stereocenters. The van der Waals surface area contributed by atoms with Crippen molar-refractivity contribution in [3.63, 3.8) is 0 Å². The summed E-state index contributed by atoms with van der Waals surface area (Å²) >= 11 is 3.60. The van der Waals surface area contributed by atoms with Crippen LogP contribution in [0.3, 0.4) is 0 Å². The van der Waals surface area contributed by atoms with Crippen molar-refractivity contribution >= 4 is 15.9 Å². The molecule has 0 aromatic carbocycles. The highest BCUT2D eigenvalue weighted by atomic mass is 79.9. The van der Waals surface area contributed by atoms with Crippen molar-refractivity contribution in [1.29, 1.82) is 0 Å². The van der Waals surface area contributed by atoms with Gasteiger partial charge in [0.25, 0.3) is 0 Å². The van der Waals surface area contributed by atoms with E-state index in [4.69, 9.17) is 9.15 Å². The van der Waals surface area contributed by atoms with Crippen LogP contribution in [-0.2, 0) is 10.2 Å². The van der Waals surface area contributed by atoms with Gasteiger partial charge in [0.15, 0.2) is 0 Å². The summed E-state index contributed by atoms with van der Waals surface area (Å²) in [6.07, 6.45) is 2.09. The van der Waals surface area contributed by atoms with Gasteiger partial charge in [0.1, 0.15) is 11.5 Å². The minimum Gasteiger partial charge on any atom is -0.466 e. The van der Waals surface area contributed by atoms with Gasteiger partial charge in [0.2, 0.25) is 0 Å². The lowest BCUT2D eigenvalue weighted by atomic mass is 9.80. The number of halogens is 1. The van der Waals surface area contributed by atoms with Gasteiger partial charge in [-0.05, 0) is 31.9 Å². The highest BCUT2D eigenvalue weighted by Gasteiger charge is 2.36. The number of rotatable bonds is 2. The summed E-state index contributed by atoms with van der Waals surface area (Å²) in [5.74, 6) is 2.10. The van der Waals surface area contributed by atoms with E-state index < -0.39 is 0 Å². The van der Waals surface area contributed by atoms with E-state index in [1.165, 1.54) is 0 Å². The molecule has 0 saturated carbocycles. The number of aryl methyl sites for hydroxylation is 1. The van der Waals surface area contributed by atoms with Crippen molar-refractivity contribution in [1.82, 2.24) is 0 Å². The molecule has 14 heavy (non-hydrogen) atoms. The third kappa shape index (κ3) is 1.75. The van der Waals surface area contributed by atoms with E-state index in [1.54, 1.807) is 0 Å². The maximum absolute atomic E-state index is 5.73. The summed E-state index contributed by atoms with van der Waals surface area (Å²) in [5.41, 5.74) is 0.159. The molecule has 0 spiro atoms. The Kier molecular flexibility index (Phi) is 2.98. The second-order valence-electron chi connectivity index (χ2n) is 3.94. The maximum atomic E-state index is 5.73. The van der Waals surface area contributed by atoms with Gasteiger partial charge in [0.05, 0.1) is 0 Å². The lowest BCUT2D eigenvalue weighted by Gasteiger charge is -2.33. The number of furan rings is 1. The van der Waals surface area contributed by atoms with Crippen LogP contribution in [0.15, 0.2) is 16.5 Å². The van der Waals surface area contributed by atoms with Crippen LogP contribution in [0.4, 0.5) is 0 Å². The topological polar surface area (TPSA) is 22.4 Å². The first-order valence-corrected chi connectivity index (χ1v) is 6.10. The standard InChI is InChI=1S/C11H15BrO2/c1-9-2-3-10(14-9)11(8-12)4-6-13-7-5-11/h2-3H,4-8H2,1H3. The molecule has 0 radical (unpaired) electrons. The number of ether oxygens (including phenoxy) is 1. The molecule has 0 N–H and O–H groups in total. The summed E-state index contributed by atoms with van der Waals surface area (Å²) in [4.78, 5) is 0. The molecule has 78 valence electrons. The van der Waals surface area contributed by atoms with Gasteiger partial charge in [0, 0.05) is 24.0 Å². The molecule has 1 fully saturated rings. The smallest absolute Gasteiger partial charge is 0.111 e. The van der Waals surface area contributed by atoms with Crippen LogP contribution in [0.2, 0.25) is 0 Å². The quantitative estimate of drug-likeness (QED) is 0.762. The summed E-state index contributed by atoms with van der Waals surface area (Å²) in [6.45, 7) is 3.67. The fraction of sp³-hybridized carbons (Fsp3) is 0.636. The zero-order valence-corrected chi connectivity index (χ0v) is 9.97. The Bertz CT molecular complexity index is 300. The Morgan fingerprint density at radius 1 is 1.36 bits per heavy atom. The summed E-state index contributed by atoms with van der Waals surface area (Å²) in [5, 5.41) is 0.955. The number of hydrogen-bond acceptors (Lipinski definition) is 2. The molecule has 3 heteroatoms. The van der Waals surface area contributed by atoms with Crippen LogP contribution in [-0.4, -0.2) is 18.5 Å². The molecule has 1 aromatic rings. The molecular formula is C11H15BrO2. The average molecular weight is 259 g/mol. The molecule has 1 aromatic heterocycles. The van der Waals surface area contributed by atoms with Gasteiger partial charge in [-0.15, -0.1) is 0 Å². The molecule has 0 bridgehead atoms. The van der Waals surface area contributed by atoms with Crippen molar-refractivity contribution in [2.24, 2.45) is 0 Å². The van der Waals surface area contributed by atoms with E-state index in [0.29, 0.717) is 0 Å². The van der Waals surface area contributed by atoms with Crippen LogP contribution in [0.5, 0.6) is 0 Å². The van der Waals surface area contributed by atoms with Crippen LogP contribution in [0, 0.1) is 6.92 Å². The second kappa shape index (κ2) is 4.07. The Hall–Kier alpha value is -0.280. The summed E-state index contributed by atoms with van der Waals surface area (Å²) in [6, 6.07) is 4.14. The van der Waals surface area contributed by atoms with E-state index >= 15 is 0 Å². The van der Waals surface area contributed by atoms with E-state index in [0.717, 1.165) is 42.9 Å². The van der Waals surface area contributed by atoms with Crippen molar-refractivity contribution < 1.29 is 9.15 Å². The van der Waals surface area contributed by atoms with Crippen LogP contribution in [0.1, 0.15) is 24.4 Å². The third-order valence-corrected chi connectivity index (χ3v) is 4.04. The molecule has 2 rings (SSSR count). The molecule has 1 aliphatic rings.